The second-order valence-corrected chi connectivity index (χ2v) is 9.22. The summed E-state index contributed by atoms with van der Waals surface area (Å²) in [7, 11) is -4.37. The maximum absolute atomic E-state index is 12.8. The first-order valence-corrected chi connectivity index (χ1v) is 11.7. The van der Waals surface area contributed by atoms with E-state index >= 15 is 0 Å². The Hall–Kier alpha value is -4.85. The summed E-state index contributed by atoms with van der Waals surface area (Å²) in [5, 5.41) is 22.5. The van der Waals surface area contributed by atoms with Crippen molar-refractivity contribution in [2.24, 2.45) is 0 Å². The molecule has 0 amide bonds. The van der Waals surface area contributed by atoms with Gasteiger partial charge >= 0.3 is 0 Å². The van der Waals surface area contributed by atoms with Crippen LogP contribution in [0.4, 0.5) is 17.1 Å². The van der Waals surface area contributed by atoms with Gasteiger partial charge in [0.15, 0.2) is 0 Å². The summed E-state index contributed by atoms with van der Waals surface area (Å²) in [6.07, 6.45) is 3.65. The minimum absolute atomic E-state index is 0.111. The highest BCUT2D eigenvalue weighted by molar-refractivity contribution is 7.92. The molecule has 2 aromatic carbocycles. The Morgan fingerprint density at radius 3 is 2.06 bits per heavy atom. The number of benzene rings is 2. The number of nitrogens with one attached hydrogen (secondary N) is 1. The maximum atomic E-state index is 12.8. The van der Waals surface area contributed by atoms with E-state index in [1.165, 1.54) is 31.2 Å². The van der Waals surface area contributed by atoms with Crippen molar-refractivity contribution >= 4 is 27.1 Å². The average molecular weight is 510 g/mol. The monoisotopic (exact) mass is 510 g/mol. The van der Waals surface area contributed by atoms with Crippen LogP contribution in [0, 0.1) is 34.1 Å². The van der Waals surface area contributed by atoms with Gasteiger partial charge in [-0.2, -0.15) is 4.98 Å². The minimum atomic E-state index is -4.37. The van der Waals surface area contributed by atoms with Crippen LogP contribution in [0.25, 0.3) is 5.82 Å². The predicted molar refractivity (Wildman–Crippen MR) is 128 cm³/mol. The molecule has 36 heavy (non-hydrogen) atoms. The van der Waals surface area contributed by atoms with E-state index in [4.69, 9.17) is 4.74 Å². The number of sulfonamides is 1. The number of aryl methyl sites for hydroxylation is 1. The van der Waals surface area contributed by atoms with E-state index in [-0.39, 0.29) is 17.1 Å². The molecule has 0 radical (unpaired) electrons. The number of anilines is 1. The van der Waals surface area contributed by atoms with Gasteiger partial charge in [0, 0.05) is 36.3 Å². The second-order valence-electron chi connectivity index (χ2n) is 7.53. The molecular formula is C22H18N6O7S. The minimum Gasteiger partial charge on any atom is -0.439 e. The number of ether oxygens (including phenoxy) is 1. The van der Waals surface area contributed by atoms with Crippen molar-refractivity contribution in [1.82, 2.24) is 14.5 Å². The van der Waals surface area contributed by atoms with Crippen molar-refractivity contribution in [3.8, 4) is 17.4 Å². The highest BCUT2D eigenvalue weighted by Crippen LogP contribution is 2.32. The Balaban J connectivity index is 1.56. The summed E-state index contributed by atoms with van der Waals surface area (Å²) in [6.45, 7) is 2.90. The molecule has 14 heteroatoms. The van der Waals surface area contributed by atoms with Crippen LogP contribution in [0.2, 0.25) is 0 Å². The lowest BCUT2D eigenvalue weighted by atomic mass is 10.1. The highest BCUT2D eigenvalue weighted by atomic mass is 32.2. The summed E-state index contributed by atoms with van der Waals surface area (Å²) in [5.74, 6) is 1.73. The molecule has 4 rings (SSSR count). The molecule has 0 bridgehead atoms. The highest BCUT2D eigenvalue weighted by Gasteiger charge is 2.28. The molecule has 0 saturated carbocycles. The molecule has 13 nitrogen and oxygen atoms in total. The number of hydrogen-bond acceptors (Lipinski definition) is 9. The number of nitrogens with zero attached hydrogens (tertiary/aromatic N) is 5. The van der Waals surface area contributed by atoms with Crippen molar-refractivity contribution in [2.45, 2.75) is 18.7 Å². The summed E-state index contributed by atoms with van der Waals surface area (Å²) in [6, 6.07) is 12.7. The zero-order valence-electron chi connectivity index (χ0n) is 18.9. The number of rotatable bonds is 8. The normalized spacial score (nSPS) is 11.2. The molecule has 0 unspecified atom stereocenters. The summed E-state index contributed by atoms with van der Waals surface area (Å²) >= 11 is 0. The zero-order valence-corrected chi connectivity index (χ0v) is 19.7. The molecule has 0 aliphatic carbocycles. The molecule has 4 aromatic rings. The number of hydrogen-bond donors (Lipinski definition) is 1. The van der Waals surface area contributed by atoms with Gasteiger partial charge in [-0.3, -0.25) is 25.0 Å². The largest absolute Gasteiger partial charge is 0.439 e. The van der Waals surface area contributed by atoms with Crippen molar-refractivity contribution < 1.29 is 23.0 Å². The molecule has 0 spiro atoms. The van der Waals surface area contributed by atoms with Crippen molar-refractivity contribution in [3.63, 3.8) is 0 Å². The van der Waals surface area contributed by atoms with Crippen LogP contribution >= 0.6 is 0 Å². The number of nitro benzene ring substituents is 2. The predicted octanol–water partition coefficient (Wildman–Crippen LogP) is 4.29. The van der Waals surface area contributed by atoms with Crippen LogP contribution in [0.1, 0.15) is 11.4 Å². The SMILES string of the molecule is Cc1nc(Oc2ccc(NS(=O)(=O)c3cc([N+](=O)[O-])c(C)c([N+](=O)[O-])c3)cc2)cc(-n2cccc2)n1. The fourth-order valence-corrected chi connectivity index (χ4v) is 4.41. The fourth-order valence-electron chi connectivity index (χ4n) is 3.32. The number of nitro groups is 2. The third-order valence-electron chi connectivity index (χ3n) is 5.03. The van der Waals surface area contributed by atoms with Gasteiger partial charge in [-0.1, -0.05) is 0 Å². The molecular weight excluding hydrogens is 492 g/mol. The van der Waals surface area contributed by atoms with Crippen LogP contribution in [-0.4, -0.2) is 32.8 Å². The van der Waals surface area contributed by atoms with Gasteiger partial charge in [0.1, 0.15) is 27.9 Å². The van der Waals surface area contributed by atoms with Crippen molar-refractivity contribution in [2.75, 3.05) is 4.72 Å². The van der Waals surface area contributed by atoms with Crippen LogP contribution in [0.15, 0.2) is 71.9 Å². The Kier molecular flexibility index (Phi) is 6.35. The standard InChI is InChI=1S/C22H18N6O7S/c1-14-19(27(29)30)11-18(12-20(14)28(31)32)36(33,34)25-16-5-7-17(8-6-16)35-22-13-21(23-15(2)24-22)26-9-3-4-10-26/h3-13,25H,1-2H3. The first-order valence-electron chi connectivity index (χ1n) is 10.3. The van der Waals surface area contributed by atoms with Gasteiger partial charge < -0.3 is 9.30 Å². The van der Waals surface area contributed by atoms with E-state index in [9.17, 15) is 28.6 Å². The van der Waals surface area contributed by atoms with E-state index < -0.39 is 36.1 Å². The first-order chi connectivity index (χ1) is 17.0. The quantitative estimate of drug-likeness (QED) is 0.268. The molecule has 1 N–H and O–H groups in total. The van der Waals surface area contributed by atoms with Gasteiger partial charge in [0.05, 0.1) is 9.85 Å². The van der Waals surface area contributed by atoms with Gasteiger partial charge in [0.25, 0.3) is 21.4 Å². The smallest absolute Gasteiger partial charge is 0.280 e. The third kappa shape index (κ3) is 5.12. The van der Waals surface area contributed by atoms with Gasteiger partial charge in [0.2, 0.25) is 5.88 Å². The summed E-state index contributed by atoms with van der Waals surface area (Å²) in [4.78, 5) is 28.8. The van der Waals surface area contributed by atoms with Gasteiger partial charge in [-0.05, 0) is 50.2 Å². The molecule has 2 aromatic heterocycles. The van der Waals surface area contributed by atoms with E-state index in [0.29, 0.717) is 17.4 Å². The number of aromatic nitrogens is 3. The Morgan fingerprint density at radius 2 is 1.50 bits per heavy atom. The lowest BCUT2D eigenvalue weighted by molar-refractivity contribution is -0.395. The van der Waals surface area contributed by atoms with Gasteiger partial charge in [-0.15, -0.1) is 0 Å². The van der Waals surface area contributed by atoms with Crippen LogP contribution in [-0.2, 0) is 10.0 Å². The van der Waals surface area contributed by atoms with Crippen molar-refractivity contribution in [1.29, 1.82) is 0 Å². The average Bonchev–Trinajstić information content (AvgIpc) is 3.34. The van der Waals surface area contributed by atoms with Crippen molar-refractivity contribution in [3.05, 3.63) is 98.6 Å². The van der Waals surface area contributed by atoms with E-state index in [0.717, 1.165) is 12.1 Å². The zero-order chi connectivity index (χ0) is 26.0. The lowest BCUT2D eigenvalue weighted by Crippen LogP contribution is -2.14. The topological polar surface area (TPSA) is 172 Å². The second kappa shape index (κ2) is 9.42. The lowest BCUT2D eigenvalue weighted by Gasteiger charge is -2.11. The van der Waals surface area contributed by atoms with Crippen LogP contribution < -0.4 is 9.46 Å². The van der Waals surface area contributed by atoms with E-state index in [1.807, 2.05) is 24.5 Å². The Labute approximate surface area is 204 Å². The summed E-state index contributed by atoms with van der Waals surface area (Å²) in [5.41, 5.74) is -1.48. The molecule has 0 atom stereocenters. The molecule has 0 aliphatic rings. The Morgan fingerprint density at radius 1 is 0.917 bits per heavy atom. The third-order valence-corrected chi connectivity index (χ3v) is 6.39. The van der Waals surface area contributed by atoms with Gasteiger partial charge in [-0.25, -0.2) is 13.4 Å². The maximum Gasteiger partial charge on any atom is 0.280 e. The summed E-state index contributed by atoms with van der Waals surface area (Å²) < 4.78 is 35.5. The molecule has 0 aliphatic heterocycles. The van der Waals surface area contributed by atoms with E-state index in [1.54, 1.807) is 17.6 Å². The molecule has 2 heterocycles. The molecule has 184 valence electrons. The van der Waals surface area contributed by atoms with E-state index in [2.05, 4.69) is 14.7 Å². The molecule has 0 fully saturated rings. The first kappa shape index (κ1) is 24.3. The van der Waals surface area contributed by atoms with Crippen LogP contribution in [0.5, 0.6) is 11.6 Å². The molecule has 0 saturated heterocycles. The Bertz CT molecular complexity index is 1530. The van der Waals surface area contributed by atoms with Crippen LogP contribution in [0.3, 0.4) is 0 Å². The fraction of sp³-hybridized carbons (Fsp3) is 0.0909.